The molecule has 2 aliphatic heterocycles. The lowest BCUT2D eigenvalue weighted by molar-refractivity contribution is -0.126. The number of amides is 1. The van der Waals surface area contributed by atoms with Gasteiger partial charge in [0.15, 0.2) is 0 Å². The molecule has 0 atom stereocenters. The Morgan fingerprint density at radius 2 is 1.86 bits per heavy atom. The van der Waals surface area contributed by atoms with E-state index in [2.05, 4.69) is 34.9 Å². The van der Waals surface area contributed by atoms with E-state index in [0.717, 1.165) is 44.7 Å². The predicted molar refractivity (Wildman–Crippen MR) is 83.3 cm³/mol. The fourth-order valence-electron chi connectivity index (χ4n) is 2.62. The van der Waals surface area contributed by atoms with Crippen molar-refractivity contribution in [1.82, 2.24) is 10.6 Å². The van der Waals surface area contributed by atoms with Crippen LogP contribution >= 0.6 is 0 Å². The zero-order valence-electron chi connectivity index (χ0n) is 12.8. The molecule has 2 saturated heterocycles. The molecule has 5 heteroatoms. The predicted octanol–water partition coefficient (Wildman–Crippen LogP) is 1.22. The van der Waals surface area contributed by atoms with Crippen molar-refractivity contribution in [3.05, 3.63) is 35.4 Å². The van der Waals surface area contributed by atoms with E-state index < -0.39 is 0 Å². The number of hydrogen-bond donors (Lipinski definition) is 2. The van der Waals surface area contributed by atoms with Crippen molar-refractivity contribution >= 4 is 5.91 Å². The number of benzene rings is 1. The average molecular weight is 304 g/mol. The number of ether oxygens (including phenoxy) is 2. The zero-order chi connectivity index (χ0) is 15.2. The maximum Gasteiger partial charge on any atom is 0.225 e. The molecule has 0 aliphatic carbocycles. The third kappa shape index (κ3) is 4.29. The maximum atomic E-state index is 11.8. The van der Waals surface area contributed by atoms with Gasteiger partial charge in [0.2, 0.25) is 5.91 Å². The van der Waals surface area contributed by atoms with Gasteiger partial charge in [-0.05, 0) is 24.0 Å². The molecule has 1 amide bonds. The van der Waals surface area contributed by atoms with Gasteiger partial charge in [0.1, 0.15) is 0 Å². The molecular weight excluding hydrogens is 280 g/mol. The van der Waals surface area contributed by atoms with E-state index in [0.29, 0.717) is 19.3 Å². The first-order valence-corrected chi connectivity index (χ1v) is 8.07. The van der Waals surface area contributed by atoms with E-state index in [4.69, 9.17) is 9.47 Å². The molecule has 2 heterocycles. The number of rotatable bonds is 6. The van der Waals surface area contributed by atoms with Crippen molar-refractivity contribution in [2.24, 2.45) is 5.92 Å². The summed E-state index contributed by atoms with van der Waals surface area (Å²) in [7, 11) is 0. The molecule has 22 heavy (non-hydrogen) atoms. The molecule has 0 unspecified atom stereocenters. The van der Waals surface area contributed by atoms with Gasteiger partial charge in [-0.3, -0.25) is 4.79 Å². The van der Waals surface area contributed by atoms with Crippen molar-refractivity contribution in [3.63, 3.8) is 0 Å². The summed E-state index contributed by atoms with van der Waals surface area (Å²) >= 11 is 0. The molecule has 2 N–H and O–H groups in total. The van der Waals surface area contributed by atoms with Crippen molar-refractivity contribution in [1.29, 1.82) is 0 Å². The smallest absolute Gasteiger partial charge is 0.225 e. The Morgan fingerprint density at radius 1 is 1.18 bits per heavy atom. The lowest BCUT2D eigenvalue weighted by Crippen LogP contribution is -2.50. The molecule has 1 aromatic rings. The van der Waals surface area contributed by atoms with Gasteiger partial charge in [-0.15, -0.1) is 0 Å². The number of nitrogens with one attached hydrogen (secondary N) is 2. The summed E-state index contributed by atoms with van der Waals surface area (Å²) in [6, 6.07) is 8.27. The van der Waals surface area contributed by atoms with Crippen LogP contribution in [0.15, 0.2) is 24.3 Å². The van der Waals surface area contributed by atoms with Crippen LogP contribution in [0.2, 0.25) is 0 Å². The van der Waals surface area contributed by atoms with Crippen molar-refractivity contribution in [2.75, 3.05) is 26.3 Å². The fourth-order valence-corrected chi connectivity index (χ4v) is 2.62. The average Bonchev–Trinajstić information content (AvgIpc) is 2.51. The molecule has 120 valence electrons. The molecule has 0 aromatic heterocycles. The Balaban J connectivity index is 1.40. The summed E-state index contributed by atoms with van der Waals surface area (Å²) in [5, 5.41) is 6.09. The Morgan fingerprint density at radius 3 is 2.50 bits per heavy atom. The molecule has 0 bridgehead atoms. The van der Waals surface area contributed by atoms with E-state index >= 15 is 0 Å². The summed E-state index contributed by atoms with van der Waals surface area (Å²) < 4.78 is 11.2. The van der Waals surface area contributed by atoms with Crippen LogP contribution in [0.4, 0.5) is 0 Å². The second-order valence-electron chi connectivity index (χ2n) is 6.01. The molecule has 2 fully saturated rings. The summed E-state index contributed by atoms with van der Waals surface area (Å²) in [6.07, 6.45) is 2.30. The Kier molecular flexibility index (Phi) is 5.43. The first-order chi connectivity index (χ1) is 10.8. The van der Waals surface area contributed by atoms with Crippen LogP contribution in [0.5, 0.6) is 0 Å². The lowest BCUT2D eigenvalue weighted by Gasteiger charge is -2.25. The standard InChI is InChI=1S/C17H24N2O3/c20-17(15-10-18-11-15)19-9-13-1-3-14(4-2-13)12-22-16-5-7-21-8-6-16/h1-4,15-16,18H,5-12H2,(H,19,20). The minimum absolute atomic E-state index is 0.144. The highest BCUT2D eigenvalue weighted by molar-refractivity contribution is 5.79. The Labute approximate surface area is 131 Å². The van der Waals surface area contributed by atoms with Crippen LogP contribution in [-0.4, -0.2) is 38.3 Å². The molecule has 0 radical (unpaired) electrons. The first kappa shape index (κ1) is 15.5. The van der Waals surface area contributed by atoms with Gasteiger partial charge in [0.05, 0.1) is 18.6 Å². The van der Waals surface area contributed by atoms with Crippen molar-refractivity contribution in [2.45, 2.75) is 32.1 Å². The van der Waals surface area contributed by atoms with Crippen molar-refractivity contribution in [3.8, 4) is 0 Å². The van der Waals surface area contributed by atoms with Gasteiger partial charge in [-0.25, -0.2) is 0 Å². The minimum atomic E-state index is 0.144. The van der Waals surface area contributed by atoms with Gasteiger partial charge < -0.3 is 20.1 Å². The molecule has 0 spiro atoms. The van der Waals surface area contributed by atoms with Crippen LogP contribution in [0, 0.1) is 5.92 Å². The van der Waals surface area contributed by atoms with Gasteiger partial charge in [-0.1, -0.05) is 24.3 Å². The number of carbonyl (C=O) groups is 1. The third-order valence-corrected chi connectivity index (χ3v) is 4.30. The normalized spacial score (nSPS) is 19.6. The molecule has 3 rings (SSSR count). The van der Waals surface area contributed by atoms with Crippen LogP contribution < -0.4 is 10.6 Å². The highest BCUT2D eigenvalue weighted by Gasteiger charge is 2.24. The molecule has 0 saturated carbocycles. The van der Waals surface area contributed by atoms with Crippen molar-refractivity contribution < 1.29 is 14.3 Å². The third-order valence-electron chi connectivity index (χ3n) is 4.30. The summed E-state index contributed by atoms with van der Waals surface area (Å²) in [6.45, 7) is 4.45. The first-order valence-electron chi connectivity index (χ1n) is 8.07. The van der Waals surface area contributed by atoms with Crippen LogP contribution in [0.3, 0.4) is 0 Å². The molecule has 2 aliphatic rings. The zero-order valence-corrected chi connectivity index (χ0v) is 12.8. The Bertz CT molecular complexity index is 479. The molecule has 1 aromatic carbocycles. The molecule has 5 nitrogen and oxygen atoms in total. The van der Waals surface area contributed by atoms with Gasteiger partial charge >= 0.3 is 0 Å². The Hall–Kier alpha value is -1.43. The monoisotopic (exact) mass is 304 g/mol. The summed E-state index contributed by atoms with van der Waals surface area (Å²) in [5.74, 6) is 0.290. The second kappa shape index (κ2) is 7.72. The number of hydrogen-bond acceptors (Lipinski definition) is 4. The number of carbonyl (C=O) groups excluding carboxylic acids is 1. The second-order valence-corrected chi connectivity index (χ2v) is 6.01. The quantitative estimate of drug-likeness (QED) is 0.829. The van der Waals surface area contributed by atoms with E-state index in [9.17, 15) is 4.79 Å². The van der Waals surface area contributed by atoms with E-state index in [-0.39, 0.29) is 11.8 Å². The minimum Gasteiger partial charge on any atom is -0.381 e. The highest BCUT2D eigenvalue weighted by Crippen LogP contribution is 2.14. The van der Waals surface area contributed by atoms with Gasteiger partial charge in [-0.2, -0.15) is 0 Å². The summed E-state index contributed by atoms with van der Waals surface area (Å²) in [4.78, 5) is 11.8. The van der Waals surface area contributed by atoms with Gasteiger partial charge in [0.25, 0.3) is 0 Å². The highest BCUT2D eigenvalue weighted by atomic mass is 16.5. The molecular formula is C17H24N2O3. The van der Waals surface area contributed by atoms with Crippen LogP contribution in [0.25, 0.3) is 0 Å². The van der Waals surface area contributed by atoms with E-state index in [1.165, 1.54) is 5.56 Å². The maximum absolute atomic E-state index is 11.8. The van der Waals surface area contributed by atoms with Crippen LogP contribution in [0.1, 0.15) is 24.0 Å². The van der Waals surface area contributed by atoms with Gasteiger partial charge in [0, 0.05) is 32.8 Å². The largest absolute Gasteiger partial charge is 0.381 e. The van der Waals surface area contributed by atoms with E-state index in [1.807, 2.05) is 0 Å². The summed E-state index contributed by atoms with van der Waals surface area (Å²) in [5.41, 5.74) is 2.29. The lowest BCUT2D eigenvalue weighted by atomic mass is 10.0. The fraction of sp³-hybridized carbons (Fsp3) is 0.588. The SMILES string of the molecule is O=C(NCc1ccc(COC2CCOCC2)cc1)C1CNC1. The topological polar surface area (TPSA) is 59.6 Å². The van der Waals surface area contributed by atoms with E-state index in [1.54, 1.807) is 0 Å². The van der Waals surface area contributed by atoms with Crippen LogP contribution in [-0.2, 0) is 27.4 Å².